The second kappa shape index (κ2) is 10.7. The highest BCUT2D eigenvalue weighted by atomic mass is 35.5. The zero-order chi connectivity index (χ0) is 22.4. The Bertz CT molecular complexity index is 1040. The molecule has 0 bridgehead atoms. The molecule has 0 saturated carbocycles. The van der Waals surface area contributed by atoms with Gasteiger partial charge >= 0.3 is 0 Å². The van der Waals surface area contributed by atoms with Gasteiger partial charge in [-0.15, -0.1) is 0 Å². The van der Waals surface area contributed by atoms with Crippen LogP contribution in [0.4, 0.5) is 5.69 Å². The van der Waals surface area contributed by atoms with E-state index < -0.39 is 5.25 Å². The lowest BCUT2D eigenvalue weighted by molar-refractivity contribution is -0.115. The molecule has 1 heterocycles. The molecule has 164 valence electrons. The van der Waals surface area contributed by atoms with Crippen molar-refractivity contribution in [2.75, 3.05) is 26.1 Å². The number of aryl methyl sites for hydroxylation is 1. The van der Waals surface area contributed by atoms with Gasteiger partial charge in [0.15, 0.2) is 5.16 Å². The largest absolute Gasteiger partial charge is 0.495 e. The summed E-state index contributed by atoms with van der Waals surface area (Å²) in [6.07, 6.45) is 0. The van der Waals surface area contributed by atoms with Crippen molar-refractivity contribution in [1.29, 1.82) is 0 Å². The number of carbonyl (C=O) groups excluding carboxylic acids is 1. The zero-order valence-electron chi connectivity index (χ0n) is 18.0. The number of ether oxygens (including phenoxy) is 2. The van der Waals surface area contributed by atoms with Crippen molar-refractivity contribution in [3.63, 3.8) is 0 Å². The van der Waals surface area contributed by atoms with Crippen LogP contribution in [0.25, 0.3) is 0 Å². The number of nitrogens with zero attached hydrogens (tertiary/aromatic N) is 2. The first-order valence-electron chi connectivity index (χ1n) is 9.83. The fourth-order valence-corrected chi connectivity index (χ4v) is 4.59. The van der Waals surface area contributed by atoms with Crippen LogP contribution in [0.5, 0.6) is 5.75 Å². The standard InChI is InChI=1S/C23H26ClN3O3S/c1-15-16(2)27(12-13-29-3)23(25-15)31-21(17-8-6-5-7-9-17)22(28)26-18-10-11-20(30-4)19(24)14-18/h5-11,14,21H,12-13H2,1-4H3,(H,26,28). The van der Waals surface area contributed by atoms with Crippen LogP contribution in [0.3, 0.4) is 0 Å². The van der Waals surface area contributed by atoms with Gasteiger partial charge in [0.1, 0.15) is 11.0 Å². The van der Waals surface area contributed by atoms with Crippen molar-refractivity contribution in [2.24, 2.45) is 0 Å². The topological polar surface area (TPSA) is 65.4 Å². The molecule has 2 aromatic carbocycles. The molecular formula is C23H26ClN3O3S. The molecule has 1 atom stereocenters. The van der Waals surface area contributed by atoms with Crippen LogP contribution < -0.4 is 10.1 Å². The smallest absolute Gasteiger partial charge is 0.242 e. The van der Waals surface area contributed by atoms with Crippen molar-refractivity contribution in [1.82, 2.24) is 9.55 Å². The number of hydrogen-bond acceptors (Lipinski definition) is 5. The summed E-state index contributed by atoms with van der Waals surface area (Å²) in [4.78, 5) is 18.0. The number of carbonyl (C=O) groups is 1. The number of aromatic nitrogens is 2. The zero-order valence-corrected chi connectivity index (χ0v) is 19.6. The van der Waals surface area contributed by atoms with E-state index in [4.69, 9.17) is 26.1 Å². The Hall–Kier alpha value is -2.48. The first-order chi connectivity index (χ1) is 14.9. The minimum absolute atomic E-state index is 0.158. The quantitative estimate of drug-likeness (QED) is 0.441. The molecule has 1 unspecified atom stereocenters. The van der Waals surface area contributed by atoms with Gasteiger partial charge in [-0.25, -0.2) is 4.98 Å². The van der Waals surface area contributed by atoms with Crippen LogP contribution in [0, 0.1) is 13.8 Å². The summed E-state index contributed by atoms with van der Waals surface area (Å²) in [5, 5.41) is 3.70. The molecule has 0 aliphatic rings. The number of thioether (sulfide) groups is 1. The number of rotatable bonds is 9. The molecule has 1 aromatic heterocycles. The molecule has 0 saturated heterocycles. The van der Waals surface area contributed by atoms with Gasteiger partial charge in [-0.1, -0.05) is 53.7 Å². The van der Waals surface area contributed by atoms with Crippen molar-refractivity contribution in [3.8, 4) is 5.75 Å². The van der Waals surface area contributed by atoms with Gasteiger partial charge in [0.25, 0.3) is 0 Å². The van der Waals surface area contributed by atoms with Crippen molar-refractivity contribution < 1.29 is 14.3 Å². The minimum atomic E-state index is -0.496. The summed E-state index contributed by atoms with van der Waals surface area (Å²) in [5.41, 5.74) is 3.50. The fraction of sp³-hybridized carbons (Fsp3) is 0.304. The molecule has 31 heavy (non-hydrogen) atoms. The molecule has 8 heteroatoms. The first kappa shape index (κ1) is 23.2. The van der Waals surface area contributed by atoms with E-state index in [1.807, 2.05) is 44.2 Å². The number of halogens is 1. The number of imidazole rings is 1. The molecule has 0 fully saturated rings. The van der Waals surface area contributed by atoms with Gasteiger partial charge in [0.05, 0.1) is 24.4 Å². The summed E-state index contributed by atoms with van der Waals surface area (Å²) < 4.78 is 12.5. The van der Waals surface area contributed by atoms with E-state index in [9.17, 15) is 4.79 Å². The predicted octanol–water partition coefficient (Wildman–Crippen LogP) is 5.28. The highest BCUT2D eigenvalue weighted by molar-refractivity contribution is 8.00. The summed E-state index contributed by atoms with van der Waals surface area (Å²) >= 11 is 7.64. The van der Waals surface area contributed by atoms with E-state index in [1.54, 1.807) is 32.4 Å². The lowest BCUT2D eigenvalue weighted by atomic mass is 10.1. The molecule has 3 rings (SSSR count). The molecule has 0 spiro atoms. The minimum Gasteiger partial charge on any atom is -0.495 e. The average molecular weight is 460 g/mol. The molecule has 0 aliphatic heterocycles. The third kappa shape index (κ3) is 5.61. The Morgan fingerprint density at radius 3 is 2.58 bits per heavy atom. The van der Waals surface area contributed by atoms with Gasteiger partial charge in [-0.3, -0.25) is 4.79 Å². The second-order valence-electron chi connectivity index (χ2n) is 6.96. The number of methoxy groups -OCH3 is 2. The number of nitrogens with one attached hydrogen (secondary N) is 1. The number of hydrogen-bond donors (Lipinski definition) is 1. The molecule has 0 aliphatic carbocycles. The summed E-state index contributed by atoms with van der Waals surface area (Å²) in [7, 11) is 3.23. The van der Waals surface area contributed by atoms with Crippen LogP contribution >= 0.6 is 23.4 Å². The lowest BCUT2D eigenvalue weighted by Crippen LogP contribution is -2.20. The summed E-state index contributed by atoms with van der Waals surface area (Å²) in [5.74, 6) is 0.397. The molecule has 0 radical (unpaired) electrons. The van der Waals surface area contributed by atoms with Gasteiger partial charge < -0.3 is 19.4 Å². The fourth-order valence-electron chi connectivity index (χ4n) is 3.12. The molecule has 6 nitrogen and oxygen atoms in total. The van der Waals surface area contributed by atoms with Crippen molar-refractivity contribution >= 4 is 35.0 Å². The molecular weight excluding hydrogens is 434 g/mol. The summed E-state index contributed by atoms with van der Waals surface area (Å²) in [6, 6.07) is 14.8. The summed E-state index contributed by atoms with van der Waals surface area (Å²) in [6.45, 7) is 5.23. The van der Waals surface area contributed by atoms with E-state index in [0.717, 1.165) is 22.1 Å². The molecule has 1 N–H and O–H groups in total. The Labute approximate surface area is 191 Å². The highest BCUT2D eigenvalue weighted by Crippen LogP contribution is 2.37. The Kier molecular flexibility index (Phi) is 8.01. The third-order valence-corrected chi connectivity index (χ3v) is 6.46. The number of benzene rings is 2. The second-order valence-corrected chi connectivity index (χ2v) is 8.44. The molecule has 1 amide bonds. The van der Waals surface area contributed by atoms with Crippen LogP contribution in [0.2, 0.25) is 5.02 Å². The van der Waals surface area contributed by atoms with E-state index in [-0.39, 0.29) is 5.91 Å². The maximum Gasteiger partial charge on any atom is 0.242 e. The SMILES string of the molecule is COCCn1c(SC(C(=O)Nc2ccc(OC)c(Cl)c2)c2ccccc2)nc(C)c1C. The maximum absolute atomic E-state index is 13.3. The van der Waals surface area contributed by atoms with Crippen LogP contribution in [0.15, 0.2) is 53.7 Å². The van der Waals surface area contributed by atoms with E-state index in [1.165, 1.54) is 11.8 Å². The van der Waals surface area contributed by atoms with E-state index in [0.29, 0.717) is 29.6 Å². The van der Waals surface area contributed by atoms with Crippen LogP contribution in [-0.4, -0.2) is 36.3 Å². The van der Waals surface area contributed by atoms with Crippen molar-refractivity contribution in [3.05, 3.63) is 70.5 Å². The Balaban J connectivity index is 1.90. The predicted molar refractivity (Wildman–Crippen MR) is 125 cm³/mol. The number of amides is 1. The molecule has 3 aromatic rings. The number of anilines is 1. The Morgan fingerprint density at radius 2 is 1.94 bits per heavy atom. The van der Waals surface area contributed by atoms with Gasteiger partial charge in [-0.05, 0) is 37.6 Å². The monoisotopic (exact) mass is 459 g/mol. The van der Waals surface area contributed by atoms with Crippen LogP contribution in [-0.2, 0) is 16.1 Å². The normalized spacial score (nSPS) is 11.9. The van der Waals surface area contributed by atoms with Gasteiger partial charge in [-0.2, -0.15) is 0 Å². The average Bonchev–Trinajstić information content (AvgIpc) is 3.03. The van der Waals surface area contributed by atoms with Crippen LogP contribution in [0.1, 0.15) is 22.2 Å². The van der Waals surface area contributed by atoms with E-state index in [2.05, 4.69) is 9.88 Å². The maximum atomic E-state index is 13.3. The van der Waals surface area contributed by atoms with Crippen molar-refractivity contribution in [2.45, 2.75) is 30.8 Å². The van der Waals surface area contributed by atoms with Gasteiger partial charge in [0, 0.05) is 25.0 Å². The Morgan fingerprint density at radius 1 is 1.19 bits per heavy atom. The lowest BCUT2D eigenvalue weighted by Gasteiger charge is -2.18. The highest BCUT2D eigenvalue weighted by Gasteiger charge is 2.25. The first-order valence-corrected chi connectivity index (χ1v) is 11.1. The third-order valence-electron chi connectivity index (χ3n) is 4.92. The van der Waals surface area contributed by atoms with Gasteiger partial charge in [0.2, 0.25) is 5.91 Å². The van der Waals surface area contributed by atoms with E-state index >= 15 is 0 Å².